The van der Waals surface area contributed by atoms with E-state index < -0.39 is 17.5 Å². The minimum atomic E-state index is -0.935. The van der Waals surface area contributed by atoms with Crippen molar-refractivity contribution in [1.29, 1.82) is 5.26 Å². The summed E-state index contributed by atoms with van der Waals surface area (Å²) < 4.78 is 39.9. The Morgan fingerprint density at radius 2 is 1.76 bits per heavy atom. The van der Waals surface area contributed by atoms with Gasteiger partial charge in [0.05, 0.1) is 11.6 Å². The highest BCUT2D eigenvalue weighted by Crippen LogP contribution is 2.26. The number of halogens is 3. The molecule has 0 bridgehead atoms. The van der Waals surface area contributed by atoms with Gasteiger partial charge in [-0.3, -0.25) is 0 Å². The molecular weight excluding hydrogens is 277 g/mol. The van der Waals surface area contributed by atoms with Gasteiger partial charge in [-0.1, -0.05) is 6.07 Å². The predicted octanol–water partition coefficient (Wildman–Crippen LogP) is 4.46. The summed E-state index contributed by atoms with van der Waals surface area (Å²) in [7, 11) is 0. The van der Waals surface area contributed by atoms with Crippen molar-refractivity contribution in [3.63, 3.8) is 0 Å². The van der Waals surface area contributed by atoms with E-state index in [-0.39, 0.29) is 11.6 Å². The zero-order chi connectivity index (χ0) is 15.6. The van der Waals surface area contributed by atoms with Crippen LogP contribution in [0.1, 0.15) is 29.7 Å². The maximum absolute atomic E-state index is 13.7. The molecule has 1 unspecified atom stereocenters. The standard InChI is InChI=1S/C16H13F3N2/c1-9-14(18)5-11(8-20)6-16(9)21-10(2)12-3-4-13(17)15(19)7-12/h3-7,10,21H,1-2H3. The van der Waals surface area contributed by atoms with E-state index in [1.807, 2.05) is 6.07 Å². The van der Waals surface area contributed by atoms with Crippen LogP contribution in [0.3, 0.4) is 0 Å². The van der Waals surface area contributed by atoms with Crippen molar-refractivity contribution in [2.24, 2.45) is 0 Å². The summed E-state index contributed by atoms with van der Waals surface area (Å²) in [6.45, 7) is 3.32. The van der Waals surface area contributed by atoms with Gasteiger partial charge in [0.15, 0.2) is 11.6 Å². The average molecular weight is 290 g/mol. The molecule has 0 aromatic heterocycles. The number of benzene rings is 2. The molecule has 1 atom stereocenters. The summed E-state index contributed by atoms with van der Waals surface area (Å²) in [6.07, 6.45) is 0. The van der Waals surface area contributed by atoms with Crippen molar-refractivity contribution in [1.82, 2.24) is 0 Å². The largest absolute Gasteiger partial charge is 0.378 e. The maximum atomic E-state index is 13.7. The van der Waals surface area contributed by atoms with E-state index in [1.165, 1.54) is 12.1 Å². The molecule has 0 saturated carbocycles. The molecule has 21 heavy (non-hydrogen) atoms. The summed E-state index contributed by atoms with van der Waals surface area (Å²) in [5, 5.41) is 11.9. The number of rotatable bonds is 3. The van der Waals surface area contributed by atoms with Crippen molar-refractivity contribution in [2.45, 2.75) is 19.9 Å². The zero-order valence-corrected chi connectivity index (χ0v) is 11.5. The molecule has 0 amide bonds. The lowest BCUT2D eigenvalue weighted by atomic mass is 10.1. The molecular formula is C16H13F3N2. The number of hydrogen-bond donors (Lipinski definition) is 1. The molecule has 0 fully saturated rings. The minimum Gasteiger partial charge on any atom is -0.378 e. The molecule has 0 aliphatic heterocycles. The number of nitrogens with zero attached hydrogens (tertiary/aromatic N) is 1. The van der Waals surface area contributed by atoms with E-state index in [1.54, 1.807) is 13.8 Å². The second-order valence-corrected chi connectivity index (χ2v) is 4.78. The molecule has 0 heterocycles. The highest BCUT2D eigenvalue weighted by atomic mass is 19.2. The lowest BCUT2D eigenvalue weighted by Gasteiger charge is -2.18. The second kappa shape index (κ2) is 5.88. The van der Waals surface area contributed by atoms with Gasteiger partial charge in [-0.15, -0.1) is 0 Å². The van der Waals surface area contributed by atoms with Crippen LogP contribution in [0, 0.1) is 35.7 Å². The third kappa shape index (κ3) is 3.16. The highest BCUT2D eigenvalue weighted by Gasteiger charge is 2.13. The van der Waals surface area contributed by atoms with Crippen LogP contribution >= 0.6 is 0 Å². The van der Waals surface area contributed by atoms with E-state index in [2.05, 4.69) is 5.32 Å². The van der Waals surface area contributed by atoms with Gasteiger partial charge in [0.25, 0.3) is 0 Å². The smallest absolute Gasteiger partial charge is 0.159 e. The van der Waals surface area contributed by atoms with Gasteiger partial charge in [-0.05, 0) is 43.7 Å². The van der Waals surface area contributed by atoms with Crippen LogP contribution in [0.5, 0.6) is 0 Å². The van der Waals surface area contributed by atoms with E-state index in [0.29, 0.717) is 16.8 Å². The molecule has 0 saturated heterocycles. The van der Waals surface area contributed by atoms with Crippen LogP contribution in [0.25, 0.3) is 0 Å². The number of nitriles is 1. The van der Waals surface area contributed by atoms with Crippen LogP contribution in [-0.2, 0) is 0 Å². The first-order valence-electron chi connectivity index (χ1n) is 6.34. The van der Waals surface area contributed by atoms with E-state index in [4.69, 9.17) is 5.26 Å². The summed E-state index contributed by atoms with van der Waals surface area (Å²) in [5.74, 6) is -2.34. The molecule has 0 radical (unpaired) electrons. The van der Waals surface area contributed by atoms with Crippen LogP contribution < -0.4 is 5.32 Å². The van der Waals surface area contributed by atoms with Gasteiger partial charge in [0, 0.05) is 17.3 Å². The summed E-state index contributed by atoms with van der Waals surface area (Å²) in [4.78, 5) is 0. The van der Waals surface area contributed by atoms with Gasteiger partial charge in [0.2, 0.25) is 0 Å². The first-order valence-corrected chi connectivity index (χ1v) is 6.34. The Bertz CT molecular complexity index is 720. The molecule has 0 spiro atoms. The Balaban J connectivity index is 2.31. The average Bonchev–Trinajstić information content (AvgIpc) is 2.46. The quantitative estimate of drug-likeness (QED) is 0.906. The van der Waals surface area contributed by atoms with Crippen molar-refractivity contribution in [3.05, 3.63) is 64.5 Å². The molecule has 0 aliphatic rings. The van der Waals surface area contributed by atoms with Crippen LogP contribution in [0.4, 0.5) is 18.9 Å². The molecule has 0 aliphatic carbocycles. The Morgan fingerprint density at radius 1 is 1.05 bits per heavy atom. The summed E-state index contributed by atoms with van der Waals surface area (Å²) in [6, 6.07) is 7.77. The molecule has 5 heteroatoms. The van der Waals surface area contributed by atoms with Gasteiger partial charge in [0.1, 0.15) is 5.82 Å². The van der Waals surface area contributed by atoms with Crippen LogP contribution in [0.2, 0.25) is 0 Å². The minimum absolute atomic E-state index is 0.193. The molecule has 108 valence electrons. The van der Waals surface area contributed by atoms with E-state index >= 15 is 0 Å². The Morgan fingerprint density at radius 3 is 2.38 bits per heavy atom. The predicted molar refractivity (Wildman–Crippen MR) is 74.2 cm³/mol. The van der Waals surface area contributed by atoms with Crippen molar-refractivity contribution in [3.8, 4) is 6.07 Å². The molecule has 1 N–H and O–H groups in total. The Labute approximate surface area is 120 Å². The van der Waals surface area contributed by atoms with Crippen LogP contribution in [-0.4, -0.2) is 0 Å². The van der Waals surface area contributed by atoms with Gasteiger partial charge >= 0.3 is 0 Å². The van der Waals surface area contributed by atoms with Crippen molar-refractivity contribution in [2.75, 3.05) is 5.32 Å². The SMILES string of the molecule is Cc1c(F)cc(C#N)cc1NC(C)c1ccc(F)c(F)c1. The van der Waals surface area contributed by atoms with Crippen molar-refractivity contribution < 1.29 is 13.2 Å². The van der Waals surface area contributed by atoms with E-state index in [9.17, 15) is 13.2 Å². The van der Waals surface area contributed by atoms with Crippen molar-refractivity contribution >= 4 is 5.69 Å². The Hall–Kier alpha value is -2.48. The molecule has 2 rings (SSSR count). The van der Waals surface area contributed by atoms with Gasteiger partial charge < -0.3 is 5.32 Å². The second-order valence-electron chi connectivity index (χ2n) is 4.78. The zero-order valence-electron chi connectivity index (χ0n) is 11.5. The van der Waals surface area contributed by atoms with Gasteiger partial charge in [-0.2, -0.15) is 5.26 Å². The third-order valence-electron chi connectivity index (χ3n) is 3.29. The van der Waals surface area contributed by atoms with Gasteiger partial charge in [-0.25, -0.2) is 13.2 Å². The number of anilines is 1. The number of hydrogen-bond acceptors (Lipinski definition) is 2. The number of nitrogens with one attached hydrogen (secondary N) is 1. The van der Waals surface area contributed by atoms with Crippen LogP contribution in [0.15, 0.2) is 30.3 Å². The first-order chi connectivity index (χ1) is 9.92. The fourth-order valence-electron chi connectivity index (χ4n) is 1.99. The molecule has 2 nitrogen and oxygen atoms in total. The fourth-order valence-corrected chi connectivity index (χ4v) is 1.99. The molecule has 2 aromatic rings. The lowest BCUT2D eigenvalue weighted by Crippen LogP contribution is -2.09. The topological polar surface area (TPSA) is 35.8 Å². The fraction of sp³-hybridized carbons (Fsp3) is 0.188. The normalized spacial score (nSPS) is 11.8. The Kier molecular flexibility index (Phi) is 4.18. The monoisotopic (exact) mass is 290 g/mol. The molecule has 2 aromatic carbocycles. The summed E-state index contributed by atoms with van der Waals surface area (Å²) in [5.41, 5.74) is 1.53. The summed E-state index contributed by atoms with van der Waals surface area (Å²) >= 11 is 0. The first kappa shape index (κ1) is 14.9. The lowest BCUT2D eigenvalue weighted by molar-refractivity contribution is 0.506. The van der Waals surface area contributed by atoms with E-state index in [0.717, 1.165) is 18.2 Å². The highest BCUT2D eigenvalue weighted by molar-refractivity contribution is 5.57. The maximum Gasteiger partial charge on any atom is 0.159 e. The third-order valence-corrected chi connectivity index (χ3v) is 3.29.